The zero-order chi connectivity index (χ0) is 17.6. The topological polar surface area (TPSA) is 12.9 Å². The third-order valence-corrected chi connectivity index (χ3v) is 4.82. The van der Waals surface area contributed by atoms with E-state index in [-0.39, 0.29) is 5.82 Å². The molecule has 0 radical (unpaired) electrons. The highest BCUT2D eigenvalue weighted by atomic mass is 19.1. The highest BCUT2D eigenvalue weighted by molar-refractivity contribution is 6.12. The first-order chi connectivity index (χ1) is 12.1. The summed E-state index contributed by atoms with van der Waals surface area (Å²) < 4.78 is 15.1. The van der Waals surface area contributed by atoms with Crippen LogP contribution in [-0.4, -0.2) is 4.98 Å². The van der Waals surface area contributed by atoms with E-state index < -0.39 is 0 Å². The average Bonchev–Trinajstić information content (AvgIpc) is 2.60. The average molecular weight is 329 g/mol. The fourth-order valence-corrected chi connectivity index (χ4v) is 3.78. The molecule has 0 atom stereocenters. The first kappa shape index (κ1) is 15.8. The van der Waals surface area contributed by atoms with Crippen LogP contribution in [-0.2, 0) is 6.42 Å². The predicted molar refractivity (Wildman–Crippen MR) is 103 cm³/mol. The molecule has 124 valence electrons. The number of hydrogen-bond acceptors (Lipinski definition) is 1. The quantitative estimate of drug-likeness (QED) is 0.389. The second-order valence-corrected chi connectivity index (χ2v) is 6.68. The van der Waals surface area contributed by atoms with Crippen molar-refractivity contribution in [3.8, 4) is 11.3 Å². The van der Waals surface area contributed by atoms with Crippen molar-refractivity contribution in [2.24, 2.45) is 0 Å². The first-order valence-corrected chi connectivity index (χ1v) is 8.66. The number of nitrogens with zero attached hydrogens (tertiary/aromatic N) is 1. The molecule has 4 rings (SSSR count). The molecule has 2 heteroatoms. The lowest BCUT2D eigenvalue weighted by molar-refractivity contribution is 0.641. The third kappa shape index (κ3) is 2.58. The minimum absolute atomic E-state index is 0.203. The van der Waals surface area contributed by atoms with Gasteiger partial charge in [0.2, 0.25) is 0 Å². The van der Waals surface area contributed by atoms with Crippen molar-refractivity contribution in [2.45, 2.75) is 27.2 Å². The largest absolute Gasteiger partial charge is 0.255 e. The third-order valence-electron chi connectivity index (χ3n) is 4.82. The number of halogens is 1. The summed E-state index contributed by atoms with van der Waals surface area (Å²) in [5.41, 5.74) is 5.16. The Balaban J connectivity index is 2.13. The minimum Gasteiger partial charge on any atom is -0.255 e. The lowest BCUT2D eigenvalue weighted by Gasteiger charge is -2.13. The van der Waals surface area contributed by atoms with Crippen LogP contribution < -0.4 is 0 Å². The number of pyridine rings is 1. The smallest absolute Gasteiger partial charge is 0.133 e. The monoisotopic (exact) mass is 329 g/mol. The van der Waals surface area contributed by atoms with E-state index in [2.05, 4.69) is 62.2 Å². The summed E-state index contributed by atoms with van der Waals surface area (Å²) in [4.78, 5) is 4.53. The molecule has 0 fully saturated rings. The predicted octanol–water partition coefficient (Wildman–Crippen LogP) is 6.37. The molecular formula is C23H20FN. The van der Waals surface area contributed by atoms with Crippen LogP contribution >= 0.6 is 0 Å². The lowest BCUT2D eigenvalue weighted by Crippen LogP contribution is -1.93. The molecule has 0 bridgehead atoms. The highest BCUT2D eigenvalue weighted by Crippen LogP contribution is 2.35. The van der Waals surface area contributed by atoms with E-state index in [1.807, 2.05) is 6.07 Å². The summed E-state index contributed by atoms with van der Waals surface area (Å²) in [6.07, 6.45) is 2.67. The summed E-state index contributed by atoms with van der Waals surface area (Å²) in [5.74, 6) is -0.203. The molecule has 0 spiro atoms. The normalized spacial score (nSPS) is 11.4. The Kier molecular flexibility index (Phi) is 3.76. The van der Waals surface area contributed by atoms with E-state index in [1.54, 1.807) is 12.3 Å². The maximum atomic E-state index is 15.1. The molecule has 0 aliphatic carbocycles. The van der Waals surface area contributed by atoms with Crippen LogP contribution in [0.5, 0.6) is 0 Å². The number of aryl methyl sites for hydroxylation is 3. The molecule has 0 aliphatic heterocycles. The van der Waals surface area contributed by atoms with Crippen LogP contribution in [0.1, 0.15) is 23.6 Å². The van der Waals surface area contributed by atoms with E-state index in [9.17, 15) is 0 Å². The molecule has 4 aromatic rings. The maximum Gasteiger partial charge on any atom is 0.133 e. The standard InChI is InChI=1S/C23H20FN/c1-4-16-6-5-7-18-19-8-9-25-23(22(19)21(24)13-20(16)18)17-11-14(2)10-15(3)12-17/h5-13H,4H2,1-3H3. The van der Waals surface area contributed by atoms with Gasteiger partial charge in [-0.2, -0.15) is 0 Å². The molecule has 0 unspecified atom stereocenters. The van der Waals surface area contributed by atoms with Gasteiger partial charge in [0.15, 0.2) is 0 Å². The first-order valence-electron chi connectivity index (χ1n) is 8.66. The molecular weight excluding hydrogens is 309 g/mol. The van der Waals surface area contributed by atoms with Crippen molar-refractivity contribution in [3.63, 3.8) is 0 Å². The van der Waals surface area contributed by atoms with E-state index in [0.717, 1.165) is 39.3 Å². The van der Waals surface area contributed by atoms with Gasteiger partial charge in [-0.3, -0.25) is 4.98 Å². The Morgan fingerprint density at radius 1 is 0.880 bits per heavy atom. The van der Waals surface area contributed by atoms with Crippen molar-refractivity contribution in [1.29, 1.82) is 0 Å². The van der Waals surface area contributed by atoms with E-state index in [4.69, 9.17) is 0 Å². The van der Waals surface area contributed by atoms with E-state index >= 15 is 4.39 Å². The summed E-state index contributed by atoms with van der Waals surface area (Å²) >= 11 is 0. The van der Waals surface area contributed by atoms with Gasteiger partial charge in [-0.1, -0.05) is 42.3 Å². The Morgan fingerprint density at radius 2 is 1.64 bits per heavy atom. The second kappa shape index (κ2) is 5.96. The lowest BCUT2D eigenvalue weighted by atomic mass is 9.94. The van der Waals surface area contributed by atoms with Crippen molar-refractivity contribution in [3.05, 3.63) is 77.2 Å². The van der Waals surface area contributed by atoms with Gasteiger partial charge >= 0.3 is 0 Å². The van der Waals surface area contributed by atoms with Gasteiger partial charge in [0, 0.05) is 17.1 Å². The molecule has 0 amide bonds. The molecule has 1 heterocycles. The fourth-order valence-electron chi connectivity index (χ4n) is 3.78. The van der Waals surface area contributed by atoms with Crippen LogP contribution in [0, 0.1) is 19.7 Å². The van der Waals surface area contributed by atoms with E-state index in [0.29, 0.717) is 11.1 Å². The summed E-state index contributed by atoms with van der Waals surface area (Å²) in [7, 11) is 0. The van der Waals surface area contributed by atoms with E-state index in [1.165, 1.54) is 5.56 Å². The number of aromatic nitrogens is 1. The van der Waals surface area contributed by atoms with Crippen molar-refractivity contribution in [1.82, 2.24) is 4.98 Å². The molecule has 1 aromatic heterocycles. The molecule has 25 heavy (non-hydrogen) atoms. The van der Waals surface area contributed by atoms with Gasteiger partial charge in [-0.15, -0.1) is 0 Å². The molecule has 0 saturated carbocycles. The van der Waals surface area contributed by atoms with Gasteiger partial charge in [0.1, 0.15) is 5.82 Å². The molecule has 0 saturated heterocycles. The Bertz CT molecular complexity index is 1090. The summed E-state index contributed by atoms with van der Waals surface area (Å²) in [6, 6.07) is 16.0. The van der Waals surface area contributed by atoms with Crippen LogP contribution in [0.2, 0.25) is 0 Å². The van der Waals surface area contributed by atoms with Gasteiger partial charge in [0.25, 0.3) is 0 Å². The Morgan fingerprint density at radius 3 is 2.36 bits per heavy atom. The maximum absolute atomic E-state index is 15.1. The van der Waals surface area contributed by atoms with Crippen molar-refractivity contribution < 1.29 is 4.39 Å². The summed E-state index contributed by atoms with van der Waals surface area (Å²) in [5, 5.41) is 3.61. The number of fused-ring (bicyclic) bond motifs is 3. The van der Waals surface area contributed by atoms with Gasteiger partial charge in [-0.05, 0) is 66.3 Å². The summed E-state index contributed by atoms with van der Waals surface area (Å²) in [6.45, 7) is 6.21. The Labute approximate surface area is 147 Å². The van der Waals surface area contributed by atoms with Crippen LogP contribution in [0.4, 0.5) is 4.39 Å². The zero-order valence-electron chi connectivity index (χ0n) is 14.7. The zero-order valence-corrected chi connectivity index (χ0v) is 14.7. The van der Waals surface area contributed by atoms with Crippen molar-refractivity contribution in [2.75, 3.05) is 0 Å². The Hall–Kier alpha value is -2.74. The molecule has 0 aliphatic rings. The number of hydrogen-bond donors (Lipinski definition) is 0. The fraction of sp³-hybridized carbons (Fsp3) is 0.174. The second-order valence-electron chi connectivity index (χ2n) is 6.68. The highest BCUT2D eigenvalue weighted by Gasteiger charge is 2.14. The van der Waals surface area contributed by atoms with Crippen LogP contribution in [0.15, 0.2) is 54.7 Å². The number of rotatable bonds is 2. The number of benzene rings is 3. The SMILES string of the molecule is CCc1cccc2c1cc(F)c1c(-c3cc(C)cc(C)c3)nccc12. The van der Waals surface area contributed by atoms with Gasteiger partial charge in [0.05, 0.1) is 5.69 Å². The molecule has 3 aromatic carbocycles. The van der Waals surface area contributed by atoms with Crippen molar-refractivity contribution >= 4 is 21.5 Å². The van der Waals surface area contributed by atoms with Gasteiger partial charge in [-0.25, -0.2) is 4.39 Å². The minimum atomic E-state index is -0.203. The van der Waals surface area contributed by atoms with Gasteiger partial charge < -0.3 is 0 Å². The van der Waals surface area contributed by atoms with Crippen LogP contribution in [0.25, 0.3) is 32.8 Å². The van der Waals surface area contributed by atoms with Crippen LogP contribution in [0.3, 0.4) is 0 Å². The molecule has 1 nitrogen and oxygen atoms in total. The molecule has 0 N–H and O–H groups in total.